The van der Waals surface area contributed by atoms with E-state index in [4.69, 9.17) is 14.2 Å². The van der Waals surface area contributed by atoms with Crippen molar-refractivity contribution in [2.24, 2.45) is 5.92 Å². The lowest BCUT2D eigenvalue weighted by molar-refractivity contribution is -0.117. The van der Waals surface area contributed by atoms with E-state index in [-0.39, 0.29) is 0 Å². The minimum atomic E-state index is -0.454. The molecule has 1 aromatic carbocycles. The van der Waals surface area contributed by atoms with E-state index < -0.39 is 5.79 Å². The van der Waals surface area contributed by atoms with Crippen LogP contribution in [0, 0.1) is 5.92 Å². The van der Waals surface area contributed by atoms with E-state index in [1.807, 2.05) is 0 Å². The van der Waals surface area contributed by atoms with Gasteiger partial charge in [0.2, 0.25) is 0 Å². The van der Waals surface area contributed by atoms with Crippen LogP contribution in [-0.4, -0.2) is 37.7 Å². The molecule has 0 radical (unpaired) electrons. The third-order valence-corrected chi connectivity index (χ3v) is 6.18. The van der Waals surface area contributed by atoms with Gasteiger partial charge >= 0.3 is 0 Å². The van der Waals surface area contributed by atoms with Gasteiger partial charge in [-0.1, -0.05) is 55.7 Å². The Labute approximate surface area is 163 Å². The summed E-state index contributed by atoms with van der Waals surface area (Å²) in [4.78, 5) is 0. The number of benzene rings is 1. The molecule has 1 aromatic rings. The zero-order chi connectivity index (χ0) is 18.4. The Balaban J connectivity index is 1.26. The third kappa shape index (κ3) is 5.20. The molecule has 27 heavy (non-hydrogen) atoms. The van der Waals surface area contributed by atoms with Gasteiger partial charge in [0.15, 0.2) is 5.79 Å². The Bertz CT molecular complexity index is 591. The van der Waals surface area contributed by atoms with Crippen molar-refractivity contribution in [3.63, 3.8) is 0 Å². The molecule has 4 rings (SSSR count). The molecule has 2 atom stereocenters. The first-order valence-electron chi connectivity index (χ1n) is 10.7. The fourth-order valence-electron chi connectivity index (χ4n) is 4.68. The molecule has 1 N–H and O–H groups in total. The Kier molecular flexibility index (Phi) is 6.61. The van der Waals surface area contributed by atoms with Crippen LogP contribution < -0.4 is 5.32 Å². The highest BCUT2D eigenvalue weighted by atomic mass is 16.7. The predicted octanol–water partition coefficient (Wildman–Crippen LogP) is 4.20. The second-order valence-electron chi connectivity index (χ2n) is 8.15. The molecule has 148 valence electrons. The van der Waals surface area contributed by atoms with Gasteiger partial charge in [0.05, 0.1) is 25.9 Å². The Morgan fingerprint density at radius 1 is 1.07 bits per heavy atom. The van der Waals surface area contributed by atoms with Crippen LogP contribution in [0.1, 0.15) is 50.5 Å². The van der Waals surface area contributed by atoms with Crippen LogP contribution in [0.5, 0.6) is 0 Å². The minimum absolute atomic E-state index is 0.337. The number of hydrogen-bond acceptors (Lipinski definition) is 4. The van der Waals surface area contributed by atoms with E-state index in [0.29, 0.717) is 31.3 Å². The summed E-state index contributed by atoms with van der Waals surface area (Å²) >= 11 is 0. The summed E-state index contributed by atoms with van der Waals surface area (Å²) in [6.07, 6.45) is 13.3. The number of nitrogens with one attached hydrogen (secondary N) is 1. The summed E-state index contributed by atoms with van der Waals surface area (Å²) in [6, 6.07) is 10.9. The van der Waals surface area contributed by atoms with E-state index in [1.54, 1.807) is 0 Å². The van der Waals surface area contributed by atoms with E-state index in [0.717, 1.165) is 26.0 Å². The van der Waals surface area contributed by atoms with Crippen molar-refractivity contribution in [1.29, 1.82) is 0 Å². The van der Waals surface area contributed by atoms with Crippen molar-refractivity contribution < 1.29 is 14.2 Å². The SMILES string of the molecule is C1=CC2(CC1NCCC(OCc1ccccc1)C1CCCCC1)OCCO2. The normalized spacial score (nSPS) is 26.0. The van der Waals surface area contributed by atoms with E-state index in [2.05, 4.69) is 47.8 Å². The molecule has 2 fully saturated rings. The Morgan fingerprint density at radius 2 is 1.85 bits per heavy atom. The van der Waals surface area contributed by atoms with Crippen LogP contribution >= 0.6 is 0 Å². The van der Waals surface area contributed by atoms with Gasteiger partial charge in [-0.3, -0.25) is 0 Å². The van der Waals surface area contributed by atoms with E-state index >= 15 is 0 Å². The molecule has 4 nitrogen and oxygen atoms in total. The zero-order valence-electron chi connectivity index (χ0n) is 16.3. The van der Waals surface area contributed by atoms with Gasteiger partial charge in [0, 0.05) is 12.5 Å². The number of rotatable bonds is 8. The van der Waals surface area contributed by atoms with Gasteiger partial charge in [0.25, 0.3) is 0 Å². The van der Waals surface area contributed by atoms with Gasteiger partial charge < -0.3 is 19.5 Å². The molecule has 1 saturated heterocycles. The summed E-state index contributed by atoms with van der Waals surface area (Å²) in [5.74, 6) is 0.251. The van der Waals surface area contributed by atoms with Gasteiger partial charge in [-0.25, -0.2) is 0 Å². The first-order valence-corrected chi connectivity index (χ1v) is 10.7. The first kappa shape index (κ1) is 19.1. The van der Waals surface area contributed by atoms with Crippen molar-refractivity contribution in [1.82, 2.24) is 5.32 Å². The third-order valence-electron chi connectivity index (χ3n) is 6.18. The lowest BCUT2D eigenvalue weighted by atomic mass is 9.84. The molecule has 4 heteroatoms. The summed E-state index contributed by atoms with van der Waals surface area (Å²) in [5.41, 5.74) is 1.27. The van der Waals surface area contributed by atoms with Crippen LogP contribution in [-0.2, 0) is 20.8 Å². The van der Waals surface area contributed by atoms with Crippen molar-refractivity contribution in [3.8, 4) is 0 Å². The van der Waals surface area contributed by atoms with Crippen molar-refractivity contribution >= 4 is 0 Å². The van der Waals surface area contributed by atoms with E-state index in [1.165, 1.54) is 37.7 Å². The van der Waals surface area contributed by atoms with Crippen LogP contribution in [0.3, 0.4) is 0 Å². The topological polar surface area (TPSA) is 39.7 Å². The quantitative estimate of drug-likeness (QED) is 0.695. The number of ether oxygens (including phenoxy) is 3. The molecule has 3 aliphatic rings. The molecular formula is C23H33NO3. The minimum Gasteiger partial charge on any atom is -0.373 e. The van der Waals surface area contributed by atoms with Gasteiger partial charge in [-0.05, 0) is 43.4 Å². The lowest BCUT2D eigenvalue weighted by Gasteiger charge is -2.31. The molecule has 1 saturated carbocycles. The van der Waals surface area contributed by atoms with E-state index in [9.17, 15) is 0 Å². The predicted molar refractivity (Wildman–Crippen MR) is 106 cm³/mol. The fourth-order valence-corrected chi connectivity index (χ4v) is 4.68. The first-order chi connectivity index (χ1) is 13.3. The highest BCUT2D eigenvalue weighted by Gasteiger charge is 2.39. The van der Waals surface area contributed by atoms with Gasteiger partial charge in [-0.2, -0.15) is 0 Å². The largest absolute Gasteiger partial charge is 0.373 e. The molecule has 1 aliphatic heterocycles. The molecular weight excluding hydrogens is 338 g/mol. The average molecular weight is 372 g/mol. The molecule has 1 spiro atoms. The lowest BCUT2D eigenvalue weighted by Crippen LogP contribution is -2.36. The molecule has 2 unspecified atom stereocenters. The summed E-state index contributed by atoms with van der Waals surface area (Å²) in [7, 11) is 0. The highest BCUT2D eigenvalue weighted by molar-refractivity contribution is 5.14. The second-order valence-corrected chi connectivity index (χ2v) is 8.15. The van der Waals surface area contributed by atoms with Crippen LogP contribution in [0.15, 0.2) is 42.5 Å². The van der Waals surface area contributed by atoms with Gasteiger partial charge in [0.1, 0.15) is 0 Å². The van der Waals surface area contributed by atoms with Crippen LogP contribution in [0.25, 0.3) is 0 Å². The zero-order valence-corrected chi connectivity index (χ0v) is 16.3. The maximum absolute atomic E-state index is 6.42. The molecule has 2 aliphatic carbocycles. The average Bonchev–Trinajstić information content (AvgIpc) is 3.35. The van der Waals surface area contributed by atoms with Gasteiger partial charge in [-0.15, -0.1) is 0 Å². The standard InChI is InChI=1S/C23H33NO3/c1-3-7-19(8-4-1)18-25-22(20-9-5-2-6-10-20)12-14-24-21-11-13-23(17-21)26-15-16-27-23/h1,3-4,7-8,11,13,20-22,24H,2,5-6,9-10,12,14-18H2. The smallest absolute Gasteiger partial charge is 0.189 e. The number of hydrogen-bond donors (Lipinski definition) is 1. The molecule has 0 amide bonds. The fraction of sp³-hybridized carbons (Fsp3) is 0.652. The molecule has 1 heterocycles. The summed E-state index contributed by atoms with van der Waals surface area (Å²) in [6.45, 7) is 3.10. The van der Waals surface area contributed by atoms with Crippen molar-refractivity contribution in [2.45, 2.75) is 69.5 Å². The maximum Gasteiger partial charge on any atom is 0.189 e. The summed E-state index contributed by atoms with van der Waals surface area (Å²) < 4.78 is 18.0. The molecule has 0 bridgehead atoms. The Hall–Kier alpha value is -1.20. The summed E-state index contributed by atoms with van der Waals surface area (Å²) in [5, 5.41) is 3.67. The highest BCUT2D eigenvalue weighted by Crippen LogP contribution is 2.32. The monoisotopic (exact) mass is 371 g/mol. The maximum atomic E-state index is 6.42. The van der Waals surface area contributed by atoms with Crippen LogP contribution in [0.4, 0.5) is 0 Å². The van der Waals surface area contributed by atoms with Crippen molar-refractivity contribution in [2.75, 3.05) is 19.8 Å². The van der Waals surface area contributed by atoms with Crippen molar-refractivity contribution in [3.05, 3.63) is 48.0 Å². The second kappa shape index (κ2) is 9.33. The Morgan fingerprint density at radius 3 is 2.63 bits per heavy atom. The molecule has 0 aromatic heterocycles. The van der Waals surface area contributed by atoms with Crippen LogP contribution in [0.2, 0.25) is 0 Å².